The van der Waals surface area contributed by atoms with Gasteiger partial charge in [0.1, 0.15) is 24.1 Å². The average molecular weight is 301 g/mol. The molecule has 0 spiro atoms. The quantitative estimate of drug-likeness (QED) is 0.896. The summed E-state index contributed by atoms with van der Waals surface area (Å²) < 4.78 is 17.8. The highest BCUT2D eigenvalue weighted by molar-refractivity contribution is 9.10. The van der Waals surface area contributed by atoms with Gasteiger partial charge in [0.15, 0.2) is 6.10 Å². The second-order valence-corrected chi connectivity index (χ2v) is 5.19. The Bertz CT molecular complexity index is 394. The zero-order valence-electron chi connectivity index (χ0n) is 9.08. The van der Waals surface area contributed by atoms with E-state index in [-0.39, 0.29) is 18.3 Å². The van der Waals surface area contributed by atoms with Crippen molar-refractivity contribution in [3.8, 4) is 5.75 Å². The van der Waals surface area contributed by atoms with Gasteiger partial charge in [-0.3, -0.25) is 0 Å². The lowest BCUT2D eigenvalue weighted by atomic mass is 10.1. The van der Waals surface area contributed by atoms with Crippen LogP contribution in [0.4, 0.5) is 0 Å². The van der Waals surface area contributed by atoms with E-state index in [1.165, 1.54) is 0 Å². The molecule has 5 heteroatoms. The Labute approximate surface area is 108 Å². The molecule has 0 saturated carbocycles. The number of ether oxygens (including phenoxy) is 3. The van der Waals surface area contributed by atoms with E-state index in [1.54, 1.807) is 0 Å². The number of benzene rings is 1. The van der Waals surface area contributed by atoms with Crippen molar-refractivity contribution < 1.29 is 19.3 Å². The second kappa shape index (κ2) is 4.57. The predicted molar refractivity (Wildman–Crippen MR) is 64.0 cm³/mol. The van der Waals surface area contributed by atoms with Crippen LogP contribution in [0.1, 0.15) is 0 Å². The summed E-state index contributed by atoms with van der Waals surface area (Å²) in [6.45, 7) is 0.790. The lowest BCUT2D eigenvalue weighted by Crippen LogP contribution is -2.34. The van der Waals surface area contributed by atoms with Crippen LogP contribution in [-0.4, -0.2) is 42.7 Å². The van der Waals surface area contributed by atoms with Crippen LogP contribution in [0.15, 0.2) is 28.7 Å². The third kappa shape index (κ3) is 2.20. The first-order valence-corrected chi connectivity index (χ1v) is 6.37. The van der Waals surface area contributed by atoms with Crippen LogP contribution >= 0.6 is 15.9 Å². The van der Waals surface area contributed by atoms with Crippen molar-refractivity contribution in [1.82, 2.24) is 0 Å². The second-order valence-electron chi connectivity index (χ2n) is 4.27. The Kier molecular flexibility index (Phi) is 3.08. The fraction of sp³-hybridized carbons (Fsp3) is 0.500. The van der Waals surface area contributed by atoms with Crippen LogP contribution in [0.2, 0.25) is 0 Å². The predicted octanol–water partition coefficient (Wildman–Crippen LogP) is 1.35. The highest BCUT2D eigenvalue weighted by atomic mass is 79.9. The Morgan fingerprint density at radius 2 is 1.82 bits per heavy atom. The monoisotopic (exact) mass is 300 g/mol. The van der Waals surface area contributed by atoms with Crippen LogP contribution in [0.25, 0.3) is 0 Å². The zero-order chi connectivity index (χ0) is 11.8. The standard InChI is InChI=1S/C12H13BrO4/c13-7-1-3-8(4-2-7)17-10-6-16-11-9(14)5-15-12(10)11/h1-4,9-12,14H,5-6H2/t9-,10-,11+,12+/m1/s1. The Morgan fingerprint density at radius 3 is 2.59 bits per heavy atom. The first-order chi connectivity index (χ1) is 8.24. The van der Waals surface area contributed by atoms with Gasteiger partial charge in [-0.25, -0.2) is 0 Å². The van der Waals surface area contributed by atoms with Gasteiger partial charge in [0.25, 0.3) is 0 Å². The number of aliphatic hydroxyl groups is 1. The maximum Gasteiger partial charge on any atom is 0.151 e. The Hall–Kier alpha value is -0.620. The molecular formula is C12H13BrO4. The number of halogens is 1. The molecule has 2 saturated heterocycles. The third-order valence-corrected chi connectivity index (χ3v) is 3.61. The van der Waals surface area contributed by atoms with Crippen molar-refractivity contribution in [2.75, 3.05) is 13.2 Å². The van der Waals surface area contributed by atoms with Gasteiger partial charge in [-0.2, -0.15) is 0 Å². The third-order valence-electron chi connectivity index (χ3n) is 3.08. The van der Waals surface area contributed by atoms with Gasteiger partial charge in [0, 0.05) is 4.47 Å². The number of hydrogen-bond donors (Lipinski definition) is 1. The van der Waals surface area contributed by atoms with Crippen LogP contribution in [0.3, 0.4) is 0 Å². The number of rotatable bonds is 2. The van der Waals surface area contributed by atoms with Gasteiger partial charge < -0.3 is 19.3 Å². The first-order valence-electron chi connectivity index (χ1n) is 5.57. The van der Waals surface area contributed by atoms with Gasteiger partial charge in [-0.1, -0.05) is 15.9 Å². The molecule has 1 N–H and O–H groups in total. The maximum atomic E-state index is 9.61. The van der Waals surface area contributed by atoms with E-state index in [1.807, 2.05) is 24.3 Å². The molecule has 17 heavy (non-hydrogen) atoms. The number of aliphatic hydroxyl groups excluding tert-OH is 1. The molecule has 4 nitrogen and oxygen atoms in total. The summed E-state index contributed by atoms with van der Waals surface area (Å²) in [5.74, 6) is 0.785. The molecule has 4 atom stereocenters. The molecule has 2 aliphatic heterocycles. The van der Waals surface area contributed by atoms with Crippen LogP contribution in [0, 0.1) is 0 Å². The van der Waals surface area contributed by atoms with Crippen LogP contribution in [-0.2, 0) is 9.47 Å². The molecule has 92 valence electrons. The molecule has 1 aromatic rings. The van der Waals surface area contributed by atoms with E-state index < -0.39 is 6.10 Å². The molecule has 2 heterocycles. The summed E-state index contributed by atoms with van der Waals surface area (Å²) in [4.78, 5) is 0. The van der Waals surface area contributed by atoms with Crippen LogP contribution in [0.5, 0.6) is 5.75 Å². The summed E-state index contributed by atoms with van der Waals surface area (Å²) in [5, 5.41) is 9.61. The summed E-state index contributed by atoms with van der Waals surface area (Å²) >= 11 is 3.37. The van der Waals surface area contributed by atoms with Crippen molar-refractivity contribution in [2.24, 2.45) is 0 Å². The summed E-state index contributed by atoms with van der Waals surface area (Å²) in [6, 6.07) is 7.63. The summed E-state index contributed by atoms with van der Waals surface area (Å²) in [5.41, 5.74) is 0. The minimum Gasteiger partial charge on any atom is -0.485 e. The molecule has 0 aromatic heterocycles. The molecule has 0 amide bonds. The molecule has 0 radical (unpaired) electrons. The first kappa shape index (κ1) is 11.5. The molecule has 2 fully saturated rings. The van der Waals surface area contributed by atoms with Crippen molar-refractivity contribution in [1.29, 1.82) is 0 Å². The minimum absolute atomic E-state index is 0.140. The number of fused-ring (bicyclic) bond motifs is 1. The molecule has 2 aliphatic rings. The molecule has 1 aromatic carbocycles. The molecule has 0 unspecified atom stereocenters. The van der Waals surface area contributed by atoms with E-state index in [0.717, 1.165) is 10.2 Å². The van der Waals surface area contributed by atoms with Gasteiger partial charge in [0.2, 0.25) is 0 Å². The summed E-state index contributed by atoms with van der Waals surface area (Å²) in [7, 11) is 0. The fourth-order valence-electron chi connectivity index (χ4n) is 2.23. The van der Waals surface area contributed by atoms with E-state index in [0.29, 0.717) is 13.2 Å². The minimum atomic E-state index is -0.529. The molecule has 0 bridgehead atoms. The topological polar surface area (TPSA) is 47.9 Å². The van der Waals surface area contributed by atoms with E-state index in [9.17, 15) is 5.11 Å². The Morgan fingerprint density at radius 1 is 1.12 bits per heavy atom. The smallest absolute Gasteiger partial charge is 0.151 e. The van der Waals surface area contributed by atoms with E-state index >= 15 is 0 Å². The van der Waals surface area contributed by atoms with Crippen molar-refractivity contribution in [3.05, 3.63) is 28.7 Å². The maximum absolute atomic E-state index is 9.61. The van der Waals surface area contributed by atoms with Crippen molar-refractivity contribution in [3.63, 3.8) is 0 Å². The lowest BCUT2D eigenvalue weighted by molar-refractivity contribution is 0.00862. The van der Waals surface area contributed by atoms with Gasteiger partial charge in [-0.15, -0.1) is 0 Å². The summed E-state index contributed by atoms with van der Waals surface area (Å²) in [6.07, 6.45) is -1.07. The largest absolute Gasteiger partial charge is 0.485 e. The van der Waals surface area contributed by atoms with Crippen molar-refractivity contribution in [2.45, 2.75) is 24.4 Å². The molecule has 3 rings (SSSR count). The van der Waals surface area contributed by atoms with E-state index in [2.05, 4.69) is 15.9 Å². The zero-order valence-corrected chi connectivity index (χ0v) is 10.7. The van der Waals surface area contributed by atoms with Gasteiger partial charge in [-0.05, 0) is 24.3 Å². The van der Waals surface area contributed by atoms with E-state index in [4.69, 9.17) is 14.2 Å². The van der Waals surface area contributed by atoms with Crippen molar-refractivity contribution >= 4 is 15.9 Å². The fourth-order valence-corrected chi connectivity index (χ4v) is 2.50. The molecular weight excluding hydrogens is 288 g/mol. The average Bonchev–Trinajstić information content (AvgIpc) is 2.87. The SMILES string of the molecule is O[C@@H]1CO[C@@H]2[C@H]1OC[C@H]2Oc1ccc(Br)cc1. The van der Waals surface area contributed by atoms with Crippen LogP contribution < -0.4 is 4.74 Å². The normalized spacial score (nSPS) is 35.9. The highest BCUT2D eigenvalue weighted by Crippen LogP contribution is 2.30. The number of hydrogen-bond acceptors (Lipinski definition) is 4. The highest BCUT2D eigenvalue weighted by Gasteiger charge is 2.48. The van der Waals surface area contributed by atoms with Gasteiger partial charge >= 0.3 is 0 Å². The Balaban J connectivity index is 1.68. The van der Waals surface area contributed by atoms with Gasteiger partial charge in [0.05, 0.1) is 13.2 Å². The lowest BCUT2D eigenvalue weighted by Gasteiger charge is -2.17. The molecule has 0 aliphatic carbocycles.